The molecule has 0 saturated heterocycles. The predicted octanol–water partition coefficient (Wildman–Crippen LogP) is 1.15. The van der Waals surface area contributed by atoms with Gasteiger partial charge in [-0.05, 0) is 38.1 Å². The monoisotopic (exact) mass is 249 g/mol. The molecule has 0 aliphatic rings. The Kier molecular flexibility index (Phi) is 4.86. The van der Waals surface area contributed by atoms with Crippen LogP contribution in [0.5, 0.6) is 5.75 Å². The van der Waals surface area contributed by atoms with Gasteiger partial charge in [0.25, 0.3) is 0 Å². The first-order valence-electron chi connectivity index (χ1n) is 5.29. The molecular weight excluding hydrogens is 234 g/mol. The highest BCUT2D eigenvalue weighted by Crippen LogP contribution is 2.14. The summed E-state index contributed by atoms with van der Waals surface area (Å²) in [5.74, 6) is -0.916. The van der Waals surface area contributed by atoms with Gasteiger partial charge in [-0.1, -0.05) is 0 Å². The molecule has 96 valence electrons. The van der Waals surface area contributed by atoms with E-state index in [4.69, 9.17) is 4.74 Å². The molecule has 0 spiro atoms. The molecule has 0 radical (unpaired) electrons. The fraction of sp³-hybridized carbons (Fsp3) is 0.250. The molecule has 6 heteroatoms. The number of methoxy groups -OCH3 is 1. The number of carbonyl (C=O) groups excluding carboxylic acids is 2. The van der Waals surface area contributed by atoms with Crippen LogP contribution in [0.25, 0.3) is 0 Å². The van der Waals surface area contributed by atoms with Gasteiger partial charge in [0.1, 0.15) is 5.75 Å². The summed E-state index contributed by atoms with van der Waals surface area (Å²) >= 11 is 0. The molecule has 0 aliphatic carbocycles. The number of nitrogens with one attached hydrogen (secondary N) is 2. The van der Waals surface area contributed by atoms with E-state index in [1.807, 2.05) is 0 Å². The highest BCUT2D eigenvalue weighted by molar-refractivity contribution is 6.39. The van der Waals surface area contributed by atoms with E-state index in [1.165, 1.54) is 0 Å². The van der Waals surface area contributed by atoms with E-state index in [9.17, 15) is 9.59 Å². The summed E-state index contributed by atoms with van der Waals surface area (Å²) in [6.45, 7) is 3.42. The Morgan fingerprint density at radius 1 is 1.11 bits per heavy atom. The Bertz CT molecular complexity index is 462. The van der Waals surface area contributed by atoms with Gasteiger partial charge in [-0.3, -0.25) is 9.59 Å². The van der Waals surface area contributed by atoms with Gasteiger partial charge >= 0.3 is 11.8 Å². The lowest BCUT2D eigenvalue weighted by Crippen LogP contribution is -2.32. The van der Waals surface area contributed by atoms with Crippen molar-refractivity contribution in [3.05, 3.63) is 24.3 Å². The highest BCUT2D eigenvalue weighted by Gasteiger charge is 2.12. The fourth-order valence-corrected chi connectivity index (χ4v) is 1.08. The first-order valence-corrected chi connectivity index (χ1v) is 5.29. The molecular formula is C12H15N3O3. The van der Waals surface area contributed by atoms with Crippen LogP contribution in [0.3, 0.4) is 0 Å². The first-order chi connectivity index (χ1) is 8.52. The van der Waals surface area contributed by atoms with Gasteiger partial charge in [0.15, 0.2) is 0 Å². The molecule has 0 saturated carbocycles. The van der Waals surface area contributed by atoms with Crippen molar-refractivity contribution >= 4 is 23.2 Å². The van der Waals surface area contributed by atoms with Crippen LogP contribution in [0, 0.1) is 0 Å². The third kappa shape index (κ3) is 4.25. The third-order valence-corrected chi connectivity index (χ3v) is 1.94. The molecule has 1 aromatic carbocycles. The van der Waals surface area contributed by atoms with Crippen LogP contribution in [0.1, 0.15) is 13.8 Å². The molecule has 0 fully saturated rings. The molecule has 0 aromatic heterocycles. The second-order valence-corrected chi connectivity index (χ2v) is 3.68. The van der Waals surface area contributed by atoms with Gasteiger partial charge in [-0.15, -0.1) is 0 Å². The van der Waals surface area contributed by atoms with Crippen molar-refractivity contribution in [2.75, 3.05) is 12.4 Å². The number of ether oxygens (including phenoxy) is 1. The normalized spacial score (nSPS) is 9.28. The van der Waals surface area contributed by atoms with Crippen molar-refractivity contribution in [1.82, 2.24) is 5.43 Å². The van der Waals surface area contributed by atoms with Crippen LogP contribution in [0.15, 0.2) is 29.4 Å². The summed E-state index contributed by atoms with van der Waals surface area (Å²) in [5, 5.41) is 6.09. The maximum Gasteiger partial charge on any atom is 0.329 e. The molecule has 0 bridgehead atoms. The Balaban J connectivity index is 2.58. The summed E-state index contributed by atoms with van der Waals surface area (Å²) < 4.78 is 4.98. The Morgan fingerprint density at radius 2 is 1.72 bits per heavy atom. The lowest BCUT2D eigenvalue weighted by atomic mass is 10.3. The molecule has 0 heterocycles. The van der Waals surface area contributed by atoms with Crippen molar-refractivity contribution in [3.63, 3.8) is 0 Å². The third-order valence-electron chi connectivity index (χ3n) is 1.94. The van der Waals surface area contributed by atoms with E-state index in [0.717, 1.165) is 0 Å². The van der Waals surface area contributed by atoms with Crippen molar-refractivity contribution in [2.45, 2.75) is 13.8 Å². The van der Waals surface area contributed by atoms with Crippen LogP contribution in [-0.4, -0.2) is 24.6 Å². The van der Waals surface area contributed by atoms with E-state index in [0.29, 0.717) is 17.1 Å². The van der Waals surface area contributed by atoms with Crippen LogP contribution < -0.4 is 15.5 Å². The van der Waals surface area contributed by atoms with Gasteiger partial charge < -0.3 is 10.1 Å². The van der Waals surface area contributed by atoms with Gasteiger partial charge in [-0.2, -0.15) is 5.10 Å². The number of benzene rings is 1. The summed E-state index contributed by atoms with van der Waals surface area (Å²) in [5.41, 5.74) is 3.30. The molecule has 0 unspecified atom stereocenters. The summed E-state index contributed by atoms with van der Waals surface area (Å²) in [6.07, 6.45) is 0. The van der Waals surface area contributed by atoms with Gasteiger partial charge in [0, 0.05) is 11.4 Å². The number of anilines is 1. The predicted molar refractivity (Wildman–Crippen MR) is 68.5 cm³/mol. The molecule has 0 atom stereocenters. The lowest BCUT2D eigenvalue weighted by molar-refractivity contribution is -0.136. The molecule has 6 nitrogen and oxygen atoms in total. The largest absolute Gasteiger partial charge is 0.497 e. The Hall–Kier alpha value is -2.37. The van der Waals surface area contributed by atoms with Crippen molar-refractivity contribution in [1.29, 1.82) is 0 Å². The number of carbonyl (C=O) groups is 2. The smallest absolute Gasteiger partial charge is 0.329 e. The number of hydrogen-bond donors (Lipinski definition) is 2. The van der Waals surface area contributed by atoms with E-state index >= 15 is 0 Å². The lowest BCUT2D eigenvalue weighted by Gasteiger charge is -2.05. The number of amides is 2. The number of hydrogen-bond acceptors (Lipinski definition) is 4. The molecule has 1 rings (SSSR count). The molecule has 0 aliphatic heterocycles. The zero-order chi connectivity index (χ0) is 13.5. The van der Waals surface area contributed by atoms with Crippen LogP contribution >= 0.6 is 0 Å². The van der Waals surface area contributed by atoms with Gasteiger partial charge in [0.05, 0.1) is 7.11 Å². The average molecular weight is 249 g/mol. The van der Waals surface area contributed by atoms with E-state index in [-0.39, 0.29) is 0 Å². The topological polar surface area (TPSA) is 79.8 Å². The summed E-state index contributed by atoms with van der Waals surface area (Å²) in [7, 11) is 1.55. The van der Waals surface area contributed by atoms with Crippen LogP contribution in [-0.2, 0) is 9.59 Å². The van der Waals surface area contributed by atoms with Crippen molar-refractivity contribution in [3.8, 4) is 5.75 Å². The summed E-state index contributed by atoms with van der Waals surface area (Å²) in [6, 6.07) is 6.64. The SMILES string of the molecule is COc1ccc(NC(=O)C(=O)NN=C(C)C)cc1. The minimum Gasteiger partial charge on any atom is -0.497 e. The second-order valence-electron chi connectivity index (χ2n) is 3.68. The van der Waals surface area contributed by atoms with Crippen LogP contribution in [0.2, 0.25) is 0 Å². The van der Waals surface area contributed by atoms with Crippen molar-refractivity contribution in [2.24, 2.45) is 5.10 Å². The number of hydrazone groups is 1. The quantitative estimate of drug-likeness (QED) is 0.479. The number of nitrogens with zero attached hydrogens (tertiary/aromatic N) is 1. The van der Waals surface area contributed by atoms with Crippen LogP contribution in [0.4, 0.5) is 5.69 Å². The fourth-order valence-electron chi connectivity index (χ4n) is 1.08. The average Bonchev–Trinajstić information content (AvgIpc) is 2.36. The molecule has 2 N–H and O–H groups in total. The minimum absolute atomic E-state index is 0.508. The standard InChI is InChI=1S/C12H15N3O3/c1-8(2)14-15-12(17)11(16)13-9-4-6-10(18-3)7-5-9/h4-7H,1-3H3,(H,13,16)(H,15,17). The zero-order valence-electron chi connectivity index (χ0n) is 10.5. The Morgan fingerprint density at radius 3 is 2.22 bits per heavy atom. The first kappa shape index (κ1) is 13.7. The van der Waals surface area contributed by atoms with E-state index < -0.39 is 11.8 Å². The summed E-state index contributed by atoms with van der Waals surface area (Å²) in [4.78, 5) is 22.8. The second kappa shape index (κ2) is 6.39. The molecule has 18 heavy (non-hydrogen) atoms. The van der Waals surface area contributed by atoms with Crippen molar-refractivity contribution < 1.29 is 14.3 Å². The zero-order valence-corrected chi connectivity index (χ0v) is 10.5. The number of rotatable bonds is 3. The maximum absolute atomic E-state index is 11.5. The van der Waals surface area contributed by atoms with Gasteiger partial charge in [0.2, 0.25) is 0 Å². The highest BCUT2D eigenvalue weighted by atomic mass is 16.5. The Labute approximate surface area is 105 Å². The molecule has 1 aromatic rings. The minimum atomic E-state index is -0.813. The van der Waals surface area contributed by atoms with E-state index in [2.05, 4.69) is 15.8 Å². The maximum atomic E-state index is 11.5. The molecule has 2 amide bonds. The van der Waals surface area contributed by atoms with E-state index in [1.54, 1.807) is 45.2 Å². The van der Waals surface area contributed by atoms with Gasteiger partial charge in [-0.25, -0.2) is 5.43 Å².